The minimum atomic E-state index is -0.616. The molecule has 0 unspecified atom stereocenters. The lowest BCUT2D eigenvalue weighted by Gasteiger charge is -2.12. The highest BCUT2D eigenvalue weighted by atomic mass is 32.2. The van der Waals surface area contributed by atoms with Crippen molar-refractivity contribution in [3.05, 3.63) is 86.0 Å². The number of carbonyl (C=O) groups excluding carboxylic acids is 3. The molecule has 1 aromatic heterocycles. The van der Waals surface area contributed by atoms with Crippen molar-refractivity contribution in [3.8, 4) is 11.3 Å². The van der Waals surface area contributed by atoms with Crippen molar-refractivity contribution in [2.45, 2.75) is 20.8 Å². The first-order valence-electron chi connectivity index (χ1n) is 10.6. The van der Waals surface area contributed by atoms with Crippen LogP contribution in [0.1, 0.15) is 22.5 Å². The second-order valence-electron chi connectivity index (χ2n) is 8.10. The molecular formula is C25H21N3O6S. The van der Waals surface area contributed by atoms with Crippen molar-refractivity contribution in [2.24, 2.45) is 0 Å². The Morgan fingerprint density at radius 3 is 2.57 bits per heavy atom. The summed E-state index contributed by atoms with van der Waals surface area (Å²) < 4.78 is 5.75. The van der Waals surface area contributed by atoms with E-state index in [0.717, 1.165) is 21.6 Å². The maximum atomic E-state index is 12.8. The molecule has 3 amide bonds. The first kappa shape index (κ1) is 24.0. The molecule has 9 nitrogen and oxygen atoms in total. The third kappa shape index (κ3) is 5.17. The molecule has 0 spiro atoms. The second kappa shape index (κ2) is 9.59. The van der Waals surface area contributed by atoms with Crippen LogP contribution < -0.4 is 5.32 Å². The Bertz CT molecular complexity index is 1410. The van der Waals surface area contributed by atoms with Gasteiger partial charge in [-0.3, -0.25) is 29.4 Å². The Morgan fingerprint density at radius 1 is 1.11 bits per heavy atom. The summed E-state index contributed by atoms with van der Waals surface area (Å²) >= 11 is 0.695. The normalized spacial score (nSPS) is 14.6. The van der Waals surface area contributed by atoms with E-state index in [1.165, 1.54) is 12.1 Å². The lowest BCUT2D eigenvalue weighted by Crippen LogP contribution is -2.36. The van der Waals surface area contributed by atoms with Crippen LogP contribution in [0.3, 0.4) is 0 Å². The van der Waals surface area contributed by atoms with Crippen molar-refractivity contribution in [3.63, 3.8) is 0 Å². The van der Waals surface area contributed by atoms with Gasteiger partial charge < -0.3 is 9.73 Å². The zero-order chi connectivity index (χ0) is 25.3. The lowest BCUT2D eigenvalue weighted by molar-refractivity contribution is -0.384. The molecule has 1 aliphatic rings. The van der Waals surface area contributed by atoms with E-state index in [1.807, 2.05) is 19.9 Å². The van der Waals surface area contributed by atoms with E-state index in [2.05, 4.69) is 5.32 Å². The number of imide groups is 1. The van der Waals surface area contributed by atoms with Crippen LogP contribution in [0.2, 0.25) is 0 Å². The third-order valence-corrected chi connectivity index (χ3v) is 6.36. The number of nitrogens with zero attached hydrogens (tertiary/aromatic N) is 2. The Kier molecular flexibility index (Phi) is 6.57. The van der Waals surface area contributed by atoms with Gasteiger partial charge in [0.2, 0.25) is 5.91 Å². The van der Waals surface area contributed by atoms with Crippen LogP contribution in [0, 0.1) is 30.9 Å². The summed E-state index contributed by atoms with van der Waals surface area (Å²) in [5.41, 5.74) is 3.41. The van der Waals surface area contributed by atoms with Crippen LogP contribution in [-0.4, -0.2) is 33.4 Å². The van der Waals surface area contributed by atoms with Crippen LogP contribution in [0.25, 0.3) is 17.4 Å². The zero-order valence-corrected chi connectivity index (χ0v) is 20.0. The average Bonchev–Trinajstić information content (AvgIpc) is 3.35. The van der Waals surface area contributed by atoms with E-state index in [0.29, 0.717) is 23.0 Å². The first-order valence-corrected chi connectivity index (χ1v) is 11.4. The highest BCUT2D eigenvalue weighted by Crippen LogP contribution is 2.36. The molecule has 3 aromatic rings. The predicted octanol–water partition coefficient (Wildman–Crippen LogP) is 5.46. The molecule has 35 heavy (non-hydrogen) atoms. The van der Waals surface area contributed by atoms with Crippen molar-refractivity contribution < 1.29 is 23.7 Å². The molecule has 0 aliphatic carbocycles. The summed E-state index contributed by atoms with van der Waals surface area (Å²) in [5, 5.41) is 13.6. The summed E-state index contributed by atoms with van der Waals surface area (Å²) in [7, 11) is 0. The smallest absolute Gasteiger partial charge is 0.294 e. The summed E-state index contributed by atoms with van der Waals surface area (Å²) in [6.45, 7) is 5.10. The van der Waals surface area contributed by atoms with Crippen LogP contribution in [-0.2, 0) is 9.59 Å². The maximum absolute atomic E-state index is 12.8. The fourth-order valence-corrected chi connectivity index (χ4v) is 4.38. The molecule has 178 valence electrons. The Labute approximate surface area is 204 Å². The highest BCUT2D eigenvalue weighted by molar-refractivity contribution is 8.18. The molecule has 2 heterocycles. The number of thioether (sulfide) groups is 1. The fraction of sp³-hybridized carbons (Fsp3) is 0.160. The molecule has 1 aliphatic heterocycles. The summed E-state index contributed by atoms with van der Waals surface area (Å²) in [4.78, 5) is 49.5. The number of furan rings is 1. The van der Waals surface area contributed by atoms with Crippen molar-refractivity contribution in [1.29, 1.82) is 0 Å². The number of benzene rings is 2. The standard InChI is InChI=1S/C25H21N3O6S/c1-14-5-4-6-17(9-14)26-23(29)13-27-24(30)22(35-25(27)31)12-18-7-8-21(34-18)19-10-15(2)16(3)11-20(19)28(32)33/h4-12H,13H2,1-3H3,(H,26,29)/b22-12-. The monoisotopic (exact) mass is 491 g/mol. The first-order chi connectivity index (χ1) is 16.6. The molecule has 0 saturated carbocycles. The molecule has 0 atom stereocenters. The van der Waals surface area contributed by atoms with Crippen LogP contribution in [0.4, 0.5) is 16.2 Å². The van der Waals surface area contributed by atoms with Gasteiger partial charge in [-0.2, -0.15) is 0 Å². The third-order valence-electron chi connectivity index (χ3n) is 5.45. The number of nitrogens with one attached hydrogen (secondary N) is 1. The largest absolute Gasteiger partial charge is 0.456 e. The zero-order valence-electron chi connectivity index (χ0n) is 19.2. The molecule has 2 aromatic carbocycles. The van der Waals surface area contributed by atoms with E-state index in [4.69, 9.17) is 4.42 Å². The van der Waals surface area contributed by atoms with E-state index in [1.54, 1.807) is 43.3 Å². The number of anilines is 1. The Hall–Kier alpha value is -4.18. The number of amides is 3. The van der Waals surface area contributed by atoms with Gasteiger partial charge in [0.1, 0.15) is 18.1 Å². The van der Waals surface area contributed by atoms with Gasteiger partial charge in [-0.15, -0.1) is 0 Å². The number of rotatable bonds is 6. The molecule has 10 heteroatoms. The van der Waals surface area contributed by atoms with Crippen LogP contribution in [0.5, 0.6) is 0 Å². The van der Waals surface area contributed by atoms with Crippen molar-refractivity contribution >= 4 is 46.3 Å². The van der Waals surface area contributed by atoms with Gasteiger partial charge in [0.15, 0.2) is 0 Å². The topological polar surface area (TPSA) is 123 Å². The quantitative estimate of drug-likeness (QED) is 0.276. The second-order valence-corrected chi connectivity index (χ2v) is 9.09. The van der Waals surface area contributed by atoms with Gasteiger partial charge in [-0.1, -0.05) is 12.1 Å². The molecule has 0 bridgehead atoms. The van der Waals surface area contributed by atoms with E-state index < -0.39 is 28.5 Å². The SMILES string of the molecule is Cc1cccc(NC(=O)CN2C(=O)S/C(=C\c3ccc(-c4cc(C)c(C)cc4[N+](=O)[O-])o3)C2=O)c1. The highest BCUT2D eigenvalue weighted by Gasteiger charge is 2.36. The Balaban J connectivity index is 1.51. The number of hydrogen-bond acceptors (Lipinski definition) is 7. The minimum Gasteiger partial charge on any atom is -0.456 e. The number of nitro benzene ring substituents is 1. The van der Waals surface area contributed by atoms with Gasteiger partial charge in [-0.05, 0) is 79.6 Å². The van der Waals surface area contributed by atoms with Gasteiger partial charge in [0.25, 0.3) is 16.8 Å². The van der Waals surface area contributed by atoms with Crippen LogP contribution in [0.15, 0.2) is 57.9 Å². The fourth-order valence-electron chi connectivity index (χ4n) is 3.56. The minimum absolute atomic E-state index is 0.0889. The van der Waals surface area contributed by atoms with Crippen molar-refractivity contribution in [2.75, 3.05) is 11.9 Å². The summed E-state index contributed by atoms with van der Waals surface area (Å²) in [5.74, 6) is -0.596. The molecular weight excluding hydrogens is 470 g/mol. The number of carbonyl (C=O) groups is 3. The van der Waals surface area contributed by atoms with E-state index >= 15 is 0 Å². The summed E-state index contributed by atoms with van der Waals surface area (Å²) in [6.07, 6.45) is 1.39. The summed E-state index contributed by atoms with van der Waals surface area (Å²) in [6, 6.07) is 13.5. The molecule has 1 saturated heterocycles. The van der Waals surface area contributed by atoms with E-state index in [9.17, 15) is 24.5 Å². The van der Waals surface area contributed by atoms with Gasteiger partial charge in [0.05, 0.1) is 15.4 Å². The van der Waals surface area contributed by atoms with Gasteiger partial charge >= 0.3 is 0 Å². The number of nitro groups is 1. The van der Waals surface area contributed by atoms with Crippen LogP contribution >= 0.6 is 11.8 Å². The van der Waals surface area contributed by atoms with Crippen molar-refractivity contribution in [1.82, 2.24) is 4.90 Å². The molecule has 1 fully saturated rings. The van der Waals surface area contributed by atoms with Gasteiger partial charge in [-0.25, -0.2) is 0 Å². The van der Waals surface area contributed by atoms with Gasteiger partial charge in [0, 0.05) is 17.8 Å². The van der Waals surface area contributed by atoms with E-state index in [-0.39, 0.29) is 22.1 Å². The lowest BCUT2D eigenvalue weighted by atomic mass is 10.0. The average molecular weight is 492 g/mol. The Morgan fingerprint density at radius 2 is 1.86 bits per heavy atom. The number of aryl methyl sites for hydroxylation is 3. The maximum Gasteiger partial charge on any atom is 0.294 e. The molecule has 4 rings (SSSR count). The predicted molar refractivity (Wildman–Crippen MR) is 133 cm³/mol. The number of hydrogen-bond donors (Lipinski definition) is 1. The molecule has 0 radical (unpaired) electrons. The molecule has 1 N–H and O–H groups in total.